The van der Waals surface area contributed by atoms with Crippen LogP contribution in [-0.2, 0) is 11.3 Å². The number of ether oxygens (including phenoxy) is 2. The zero-order chi connectivity index (χ0) is 22.4. The van der Waals surface area contributed by atoms with Crippen molar-refractivity contribution >= 4 is 17.6 Å². The molecule has 2 aromatic rings. The van der Waals surface area contributed by atoms with Crippen molar-refractivity contribution in [2.24, 2.45) is 5.92 Å². The second-order valence-corrected chi connectivity index (χ2v) is 7.91. The molecule has 2 aromatic carbocycles. The van der Waals surface area contributed by atoms with Gasteiger partial charge in [0.1, 0.15) is 0 Å². The number of urea groups is 1. The van der Waals surface area contributed by atoms with Crippen LogP contribution in [0.1, 0.15) is 24.0 Å². The summed E-state index contributed by atoms with van der Waals surface area (Å²) in [4.78, 5) is 29.2. The van der Waals surface area contributed by atoms with E-state index in [1.54, 1.807) is 24.0 Å². The van der Waals surface area contributed by atoms with Gasteiger partial charge in [0.25, 0.3) is 0 Å². The molecule has 7 nitrogen and oxygen atoms in total. The largest absolute Gasteiger partial charge is 0.493 e. The third-order valence-corrected chi connectivity index (χ3v) is 5.71. The summed E-state index contributed by atoms with van der Waals surface area (Å²) in [6, 6.07) is 13.0. The molecule has 31 heavy (non-hydrogen) atoms. The number of para-hydroxylation sites is 1. The van der Waals surface area contributed by atoms with Crippen molar-refractivity contribution in [3.63, 3.8) is 0 Å². The van der Waals surface area contributed by atoms with Gasteiger partial charge in [-0.25, -0.2) is 4.79 Å². The maximum Gasteiger partial charge on any atom is 0.321 e. The lowest BCUT2D eigenvalue weighted by Gasteiger charge is -2.34. The number of carbonyl (C=O) groups is 2. The number of piperidine rings is 1. The Balaban J connectivity index is 1.63. The van der Waals surface area contributed by atoms with Crippen LogP contribution in [0, 0.1) is 12.8 Å². The van der Waals surface area contributed by atoms with Crippen molar-refractivity contribution in [2.75, 3.05) is 39.7 Å². The number of aryl methyl sites for hydroxylation is 1. The first kappa shape index (κ1) is 22.5. The van der Waals surface area contributed by atoms with Gasteiger partial charge in [-0.3, -0.25) is 4.79 Å². The summed E-state index contributed by atoms with van der Waals surface area (Å²) < 4.78 is 10.7. The van der Waals surface area contributed by atoms with Gasteiger partial charge in [-0.15, -0.1) is 0 Å². The Labute approximate surface area is 183 Å². The number of carbonyl (C=O) groups excluding carboxylic acids is 2. The summed E-state index contributed by atoms with van der Waals surface area (Å²) in [5.74, 6) is 1.16. The van der Waals surface area contributed by atoms with E-state index in [1.807, 2.05) is 56.4 Å². The normalized spacial score (nSPS) is 15.9. The Morgan fingerprint density at radius 1 is 1.13 bits per heavy atom. The Hall–Kier alpha value is -3.22. The van der Waals surface area contributed by atoms with E-state index in [1.165, 1.54) is 0 Å². The first-order valence-electron chi connectivity index (χ1n) is 10.5. The third kappa shape index (κ3) is 5.48. The molecule has 1 fully saturated rings. The molecule has 7 heteroatoms. The van der Waals surface area contributed by atoms with Crippen molar-refractivity contribution in [3.05, 3.63) is 53.6 Å². The van der Waals surface area contributed by atoms with E-state index < -0.39 is 0 Å². The van der Waals surface area contributed by atoms with Crippen molar-refractivity contribution in [3.8, 4) is 11.5 Å². The van der Waals surface area contributed by atoms with Crippen molar-refractivity contribution in [1.29, 1.82) is 0 Å². The molecule has 0 aromatic heterocycles. The molecule has 0 bridgehead atoms. The standard InChI is InChI=1S/C24H31N3O4/c1-17-13-21(30-3)22(31-4)14-19(17)15-26(2)23(28)18-9-8-12-27(16-18)24(29)25-20-10-6-5-7-11-20/h5-7,10-11,13-14,18H,8-9,12,15-16H2,1-4H3,(H,25,29)/t18-/m1/s1. The average molecular weight is 426 g/mol. The zero-order valence-electron chi connectivity index (χ0n) is 18.7. The van der Waals surface area contributed by atoms with Crippen LogP contribution in [0.2, 0.25) is 0 Å². The smallest absolute Gasteiger partial charge is 0.321 e. The molecular formula is C24H31N3O4. The van der Waals surface area contributed by atoms with Crippen LogP contribution in [0.4, 0.5) is 10.5 Å². The van der Waals surface area contributed by atoms with Gasteiger partial charge >= 0.3 is 6.03 Å². The minimum atomic E-state index is -0.208. The second-order valence-electron chi connectivity index (χ2n) is 7.91. The lowest BCUT2D eigenvalue weighted by Crippen LogP contribution is -2.47. The highest BCUT2D eigenvalue weighted by Crippen LogP contribution is 2.31. The minimum Gasteiger partial charge on any atom is -0.493 e. The van der Waals surface area contributed by atoms with E-state index in [0.29, 0.717) is 31.1 Å². The SMILES string of the molecule is COc1cc(C)c(CN(C)C(=O)[C@@H]2CCCN(C(=O)Nc3ccccc3)C2)cc1OC. The molecule has 1 saturated heterocycles. The summed E-state index contributed by atoms with van der Waals surface area (Å²) >= 11 is 0. The Morgan fingerprint density at radius 3 is 2.48 bits per heavy atom. The predicted molar refractivity (Wildman–Crippen MR) is 121 cm³/mol. The fourth-order valence-corrected chi connectivity index (χ4v) is 3.93. The van der Waals surface area contributed by atoms with Gasteiger partial charge in [0.05, 0.1) is 20.1 Å². The lowest BCUT2D eigenvalue weighted by molar-refractivity contribution is -0.136. The molecule has 0 saturated carbocycles. The van der Waals surface area contributed by atoms with E-state index in [2.05, 4.69) is 5.32 Å². The molecule has 1 heterocycles. The average Bonchev–Trinajstić information content (AvgIpc) is 2.80. The van der Waals surface area contributed by atoms with Gasteiger partial charge in [0, 0.05) is 32.4 Å². The highest BCUT2D eigenvalue weighted by Gasteiger charge is 2.30. The molecule has 0 aliphatic carbocycles. The van der Waals surface area contributed by atoms with Crippen molar-refractivity contribution < 1.29 is 19.1 Å². The van der Waals surface area contributed by atoms with Gasteiger partial charge in [-0.1, -0.05) is 18.2 Å². The number of likely N-dealkylation sites (tertiary alicyclic amines) is 1. The number of amides is 3. The highest BCUT2D eigenvalue weighted by atomic mass is 16.5. The third-order valence-electron chi connectivity index (χ3n) is 5.71. The molecule has 166 valence electrons. The molecule has 3 rings (SSSR count). The molecule has 1 atom stereocenters. The van der Waals surface area contributed by atoms with E-state index in [-0.39, 0.29) is 17.9 Å². The first-order valence-corrected chi connectivity index (χ1v) is 10.5. The molecule has 3 amide bonds. The summed E-state index contributed by atoms with van der Waals surface area (Å²) in [7, 11) is 5.01. The fourth-order valence-electron chi connectivity index (χ4n) is 3.93. The number of hydrogen-bond donors (Lipinski definition) is 1. The van der Waals surface area contributed by atoms with Crippen LogP contribution in [0.3, 0.4) is 0 Å². The van der Waals surface area contributed by atoms with Crippen LogP contribution in [0.15, 0.2) is 42.5 Å². The van der Waals surface area contributed by atoms with Crippen LogP contribution >= 0.6 is 0 Å². The molecule has 0 radical (unpaired) electrons. The van der Waals surface area contributed by atoms with Gasteiger partial charge in [0.2, 0.25) is 5.91 Å². The van der Waals surface area contributed by atoms with Gasteiger partial charge in [0.15, 0.2) is 11.5 Å². The maximum atomic E-state index is 13.1. The number of benzene rings is 2. The number of methoxy groups -OCH3 is 2. The molecular weight excluding hydrogens is 394 g/mol. The van der Waals surface area contributed by atoms with E-state index in [9.17, 15) is 9.59 Å². The summed E-state index contributed by atoms with van der Waals surface area (Å²) in [5.41, 5.74) is 2.79. The summed E-state index contributed by atoms with van der Waals surface area (Å²) in [5, 5.41) is 2.91. The number of nitrogens with zero attached hydrogens (tertiary/aromatic N) is 2. The summed E-state index contributed by atoms with van der Waals surface area (Å²) in [6.45, 7) is 3.54. The number of anilines is 1. The van der Waals surface area contributed by atoms with Crippen molar-refractivity contribution in [1.82, 2.24) is 9.80 Å². The maximum absolute atomic E-state index is 13.1. The minimum absolute atomic E-state index is 0.0476. The van der Waals surface area contributed by atoms with Crippen LogP contribution in [0.25, 0.3) is 0 Å². The van der Waals surface area contributed by atoms with Crippen LogP contribution < -0.4 is 14.8 Å². The fraction of sp³-hybridized carbons (Fsp3) is 0.417. The number of rotatable bonds is 6. The molecule has 1 aliphatic heterocycles. The summed E-state index contributed by atoms with van der Waals surface area (Å²) in [6.07, 6.45) is 1.59. The van der Waals surface area contributed by atoms with Gasteiger partial charge in [-0.2, -0.15) is 0 Å². The Kier molecular flexibility index (Phi) is 7.39. The van der Waals surface area contributed by atoms with E-state index in [0.717, 1.165) is 29.7 Å². The second kappa shape index (κ2) is 10.2. The quantitative estimate of drug-likeness (QED) is 0.762. The topological polar surface area (TPSA) is 71.1 Å². The molecule has 1 aliphatic rings. The number of nitrogens with one attached hydrogen (secondary N) is 1. The molecule has 0 spiro atoms. The van der Waals surface area contributed by atoms with E-state index >= 15 is 0 Å². The molecule has 0 unspecified atom stereocenters. The van der Waals surface area contributed by atoms with E-state index in [4.69, 9.17) is 9.47 Å². The first-order chi connectivity index (χ1) is 14.9. The Morgan fingerprint density at radius 2 is 1.81 bits per heavy atom. The monoisotopic (exact) mass is 425 g/mol. The van der Waals surface area contributed by atoms with Gasteiger partial charge < -0.3 is 24.6 Å². The lowest BCUT2D eigenvalue weighted by atomic mass is 9.96. The Bertz CT molecular complexity index is 917. The van der Waals surface area contributed by atoms with Crippen LogP contribution in [-0.4, -0.2) is 56.1 Å². The van der Waals surface area contributed by atoms with Crippen LogP contribution in [0.5, 0.6) is 11.5 Å². The van der Waals surface area contributed by atoms with Crippen molar-refractivity contribution in [2.45, 2.75) is 26.3 Å². The highest BCUT2D eigenvalue weighted by molar-refractivity contribution is 5.90. The number of hydrogen-bond acceptors (Lipinski definition) is 4. The molecule has 1 N–H and O–H groups in total. The van der Waals surface area contributed by atoms with Gasteiger partial charge in [-0.05, 0) is 55.2 Å². The zero-order valence-corrected chi connectivity index (χ0v) is 18.7. The predicted octanol–water partition coefficient (Wildman–Crippen LogP) is 3.91.